The first-order valence-electron chi connectivity index (χ1n) is 11.6. The number of hydrogen-bond acceptors (Lipinski definition) is 6. The van der Waals surface area contributed by atoms with Crippen LogP contribution < -0.4 is 9.64 Å². The molecule has 1 aliphatic rings. The Morgan fingerprint density at radius 3 is 2.20 bits per heavy atom. The average molecular weight is 491 g/mol. The summed E-state index contributed by atoms with van der Waals surface area (Å²) in [5.41, 5.74) is 3.11. The number of ketones is 1. The van der Waals surface area contributed by atoms with Crippen molar-refractivity contribution in [2.45, 2.75) is 53.0 Å². The van der Waals surface area contributed by atoms with Crippen molar-refractivity contribution >= 4 is 33.9 Å². The number of aliphatic hydroxyl groups is 1. The Bertz CT molecular complexity index is 1280. The standard InChI is InChI=1S/C28H30N2O4S/c1-7-34-21-14-10-19(11-15-21)24(31)22-23(18-8-12-20(13-9-18)28(4,5)6)30(26(33)25(22)32)27-29-16(2)17(3)35-27/h8-15,23,31H,7H2,1-6H3. The predicted molar refractivity (Wildman–Crippen MR) is 139 cm³/mol. The second-order valence-corrected chi connectivity index (χ2v) is 10.8. The van der Waals surface area contributed by atoms with E-state index in [-0.39, 0.29) is 16.7 Å². The maximum atomic E-state index is 13.3. The molecular formula is C28H30N2O4S. The molecule has 4 rings (SSSR count). The van der Waals surface area contributed by atoms with Crippen LogP contribution in [0.4, 0.5) is 5.13 Å². The van der Waals surface area contributed by atoms with Crippen LogP contribution in [0.15, 0.2) is 54.1 Å². The van der Waals surface area contributed by atoms with Crippen molar-refractivity contribution in [3.63, 3.8) is 0 Å². The van der Waals surface area contributed by atoms with E-state index in [1.807, 2.05) is 45.0 Å². The van der Waals surface area contributed by atoms with Gasteiger partial charge in [-0.3, -0.25) is 14.5 Å². The molecule has 1 aromatic heterocycles. The first-order valence-corrected chi connectivity index (χ1v) is 12.4. The molecule has 0 spiro atoms. The van der Waals surface area contributed by atoms with E-state index in [9.17, 15) is 14.7 Å². The molecule has 1 saturated heterocycles. The minimum Gasteiger partial charge on any atom is -0.507 e. The van der Waals surface area contributed by atoms with Gasteiger partial charge in [0.1, 0.15) is 11.5 Å². The number of aliphatic hydroxyl groups excluding tert-OH is 1. The van der Waals surface area contributed by atoms with E-state index in [0.717, 1.165) is 21.7 Å². The topological polar surface area (TPSA) is 79.7 Å². The van der Waals surface area contributed by atoms with Crippen LogP contribution in [0.2, 0.25) is 0 Å². The normalized spacial score (nSPS) is 17.8. The van der Waals surface area contributed by atoms with Crippen molar-refractivity contribution < 1.29 is 19.4 Å². The molecule has 1 unspecified atom stereocenters. The van der Waals surface area contributed by atoms with Gasteiger partial charge < -0.3 is 9.84 Å². The first kappa shape index (κ1) is 24.7. The number of rotatable bonds is 5. The first-order chi connectivity index (χ1) is 16.5. The average Bonchev–Trinajstić information content (AvgIpc) is 3.28. The smallest absolute Gasteiger partial charge is 0.301 e. The molecule has 6 nitrogen and oxygen atoms in total. The second-order valence-electron chi connectivity index (χ2n) is 9.64. The van der Waals surface area contributed by atoms with Crippen LogP contribution in [0.5, 0.6) is 5.75 Å². The highest BCUT2D eigenvalue weighted by Crippen LogP contribution is 2.44. The van der Waals surface area contributed by atoms with Crippen molar-refractivity contribution in [2.75, 3.05) is 11.5 Å². The Labute approximate surface area is 209 Å². The third-order valence-electron chi connectivity index (χ3n) is 6.20. The minimum absolute atomic E-state index is 0.0492. The zero-order valence-corrected chi connectivity index (χ0v) is 21.7. The zero-order chi connectivity index (χ0) is 25.5. The van der Waals surface area contributed by atoms with E-state index in [2.05, 4.69) is 25.8 Å². The lowest BCUT2D eigenvalue weighted by molar-refractivity contribution is -0.132. The summed E-state index contributed by atoms with van der Waals surface area (Å²) in [5.74, 6) is -0.987. The Balaban J connectivity index is 1.88. The van der Waals surface area contributed by atoms with Gasteiger partial charge in [0.2, 0.25) is 0 Å². The van der Waals surface area contributed by atoms with E-state index < -0.39 is 17.7 Å². The fourth-order valence-electron chi connectivity index (χ4n) is 4.10. The van der Waals surface area contributed by atoms with Crippen molar-refractivity contribution in [2.24, 2.45) is 0 Å². The summed E-state index contributed by atoms with van der Waals surface area (Å²) in [7, 11) is 0. The van der Waals surface area contributed by atoms with Gasteiger partial charge in [-0.15, -0.1) is 11.3 Å². The van der Waals surface area contributed by atoms with Gasteiger partial charge in [-0.25, -0.2) is 4.98 Å². The van der Waals surface area contributed by atoms with E-state index in [1.54, 1.807) is 24.3 Å². The number of benzene rings is 2. The van der Waals surface area contributed by atoms with E-state index in [0.29, 0.717) is 23.1 Å². The highest BCUT2D eigenvalue weighted by atomic mass is 32.1. The largest absolute Gasteiger partial charge is 0.507 e. The van der Waals surface area contributed by atoms with Crippen LogP contribution in [0.1, 0.15) is 61.0 Å². The molecular weight excluding hydrogens is 460 g/mol. The number of carbonyl (C=O) groups is 2. The number of nitrogens with zero attached hydrogens (tertiary/aromatic N) is 2. The fourth-order valence-corrected chi connectivity index (χ4v) is 5.04. The molecule has 1 N–H and O–H groups in total. The van der Waals surface area contributed by atoms with Crippen LogP contribution in [0.25, 0.3) is 5.76 Å². The Kier molecular flexibility index (Phi) is 6.56. The lowest BCUT2D eigenvalue weighted by Crippen LogP contribution is -2.29. The van der Waals surface area contributed by atoms with Gasteiger partial charge in [0.05, 0.1) is 23.9 Å². The van der Waals surface area contributed by atoms with E-state index >= 15 is 0 Å². The predicted octanol–water partition coefficient (Wildman–Crippen LogP) is 6.08. The molecule has 35 heavy (non-hydrogen) atoms. The molecule has 0 radical (unpaired) electrons. The Morgan fingerprint density at radius 1 is 1.06 bits per heavy atom. The molecule has 0 saturated carbocycles. The summed E-state index contributed by atoms with van der Waals surface area (Å²) >= 11 is 1.36. The zero-order valence-electron chi connectivity index (χ0n) is 20.9. The monoisotopic (exact) mass is 490 g/mol. The number of ether oxygens (including phenoxy) is 1. The summed E-state index contributed by atoms with van der Waals surface area (Å²) in [4.78, 5) is 33.6. The van der Waals surface area contributed by atoms with Crippen LogP contribution in [-0.4, -0.2) is 28.4 Å². The van der Waals surface area contributed by atoms with Gasteiger partial charge >= 0.3 is 5.91 Å². The number of aromatic nitrogens is 1. The van der Waals surface area contributed by atoms with Crippen molar-refractivity contribution in [3.8, 4) is 5.75 Å². The molecule has 2 heterocycles. The Morgan fingerprint density at radius 2 is 1.69 bits per heavy atom. The molecule has 7 heteroatoms. The molecule has 2 aromatic carbocycles. The van der Waals surface area contributed by atoms with Gasteiger partial charge in [0.15, 0.2) is 5.13 Å². The third-order valence-corrected chi connectivity index (χ3v) is 7.27. The fraction of sp³-hybridized carbons (Fsp3) is 0.321. The van der Waals surface area contributed by atoms with Gasteiger partial charge in [-0.05, 0) is 61.6 Å². The second kappa shape index (κ2) is 9.30. The maximum absolute atomic E-state index is 13.3. The van der Waals surface area contributed by atoms with Gasteiger partial charge in [-0.1, -0.05) is 45.0 Å². The molecule has 1 aliphatic heterocycles. The number of aryl methyl sites for hydroxylation is 2. The summed E-state index contributed by atoms with van der Waals surface area (Å²) in [6.45, 7) is 12.6. The van der Waals surface area contributed by atoms with Crippen LogP contribution in [-0.2, 0) is 15.0 Å². The van der Waals surface area contributed by atoms with Crippen LogP contribution in [0.3, 0.4) is 0 Å². The summed E-state index contributed by atoms with van der Waals surface area (Å²) in [5, 5.41) is 11.7. The van der Waals surface area contributed by atoms with Crippen molar-refractivity contribution in [3.05, 3.63) is 81.4 Å². The number of Topliss-reactive ketones (excluding diaryl/α,β-unsaturated/α-hetero) is 1. The van der Waals surface area contributed by atoms with Crippen LogP contribution in [0, 0.1) is 13.8 Å². The molecule has 3 aromatic rings. The van der Waals surface area contributed by atoms with Gasteiger partial charge in [0.25, 0.3) is 5.78 Å². The number of anilines is 1. The minimum atomic E-state index is -0.791. The number of hydrogen-bond donors (Lipinski definition) is 1. The highest BCUT2D eigenvalue weighted by Gasteiger charge is 2.48. The van der Waals surface area contributed by atoms with E-state index in [1.165, 1.54) is 16.2 Å². The van der Waals surface area contributed by atoms with Gasteiger partial charge in [0, 0.05) is 10.4 Å². The Hall–Kier alpha value is -3.45. The van der Waals surface area contributed by atoms with Gasteiger partial charge in [-0.2, -0.15) is 0 Å². The van der Waals surface area contributed by atoms with Crippen molar-refractivity contribution in [1.29, 1.82) is 0 Å². The quantitative estimate of drug-likeness (QED) is 0.266. The van der Waals surface area contributed by atoms with Crippen LogP contribution >= 0.6 is 11.3 Å². The lowest BCUT2D eigenvalue weighted by atomic mass is 9.85. The maximum Gasteiger partial charge on any atom is 0.301 e. The summed E-state index contributed by atoms with van der Waals surface area (Å²) in [6, 6.07) is 13.9. The van der Waals surface area contributed by atoms with E-state index in [4.69, 9.17) is 4.74 Å². The molecule has 0 bridgehead atoms. The van der Waals surface area contributed by atoms with Crippen molar-refractivity contribution in [1.82, 2.24) is 4.98 Å². The lowest BCUT2D eigenvalue weighted by Gasteiger charge is -2.25. The number of thiazole rings is 1. The third kappa shape index (κ3) is 4.60. The molecule has 1 atom stereocenters. The molecule has 182 valence electrons. The number of amides is 1. The highest BCUT2D eigenvalue weighted by molar-refractivity contribution is 7.16. The summed E-state index contributed by atoms with van der Waals surface area (Å²) in [6.07, 6.45) is 0. The molecule has 1 fully saturated rings. The summed E-state index contributed by atoms with van der Waals surface area (Å²) < 4.78 is 5.49. The molecule has 1 amide bonds. The number of carbonyl (C=O) groups excluding carboxylic acids is 2. The molecule has 0 aliphatic carbocycles. The SMILES string of the molecule is CCOc1ccc(C(O)=C2C(=O)C(=O)N(c3nc(C)c(C)s3)C2c2ccc(C(C)(C)C)cc2)cc1.